The van der Waals surface area contributed by atoms with Gasteiger partial charge in [0.05, 0.1) is 10.8 Å². The normalized spacial score (nSPS) is 25.3. The number of allylic oxidation sites excluding steroid dienone is 1. The highest BCUT2D eigenvalue weighted by atomic mass is 32.2. The Labute approximate surface area is 92.5 Å². The topological polar surface area (TPSA) is 26.3 Å². The Morgan fingerprint density at radius 1 is 1.62 bits per heavy atom. The van der Waals surface area contributed by atoms with E-state index in [1.807, 2.05) is 13.2 Å². The van der Waals surface area contributed by atoms with E-state index in [9.17, 15) is 4.57 Å². The average Bonchev–Trinajstić information content (AvgIpc) is 2.47. The maximum atomic E-state index is 11.5. The fraction of sp³-hybridized carbons (Fsp3) is 0.714. The van der Waals surface area contributed by atoms with E-state index in [1.165, 1.54) is 9.14 Å². The lowest BCUT2D eigenvalue weighted by molar-refractivity contribution is 0.352. The van der Waals surface area contributed by atoms with Gasteiger partial charge in [0.25, 0.3) is 0 Å². The molecule has 1 heterocycles. The molecule has 0 N–H and O–H groups in total. The molecule has 0 aliphatic carbocycles. The van der Waals surface area contributed by atoms with Crippen LogP contribution in [0.3, 0.4) is 0 Å². The van der Waals surface area contributed by atoms with Crippen LogP contribution in [0.2, 0.25) is 0 Å². The molecule has 1 aliphatic rings. The molecule has 76 valence electrons. The number of thioether (sulfide) groups is 3. The van der Waals surface area contributed by atoms with Crippen molar-refractivity contribution in [3.63, 3.8) is 0 Å². The molecule has 13 heavy (non-hydrogen) atoms. The van der Waals surface area contributed by atoms with Crippen LogP contribution in [-0.4, -0.2) is 17.2 Å². The molecule has 0 radical (unpaired) electrons. The Hall–Kier alpha value is 0.980. The summed E-state index contributed by atoms with van der Waals surface area (Å²) < 4.78 is 18.1. The summed E-state index contributed by atoms with van der Waals surface area (Å²) in [4.78, 5) is 1.28. The Morgan fingerprint density at radius 2 is 2.31 bits per heavy atom. The van der Waals surface area contributed by atoms with E-state index in [0.717, 1.165) is 0 Å². The van der Waals surface area contributed by atoms with Crippen LogP contribution in [0.5, 0.6) is 0 Å². The lowest BCUT2D eigenvalue weighted by atomic mass is 10.7. The van der Waals surface area contributed by atoms with Crippen LogP contribution in [0, 0.1) is 0 Å². The third-order valence-electron chi connectivity index (χ3n) is 1.45. The van der Waals surface area contributed by atoms with Crippen molar-refractivity contribution in [1.29, 1.82) is 0 Å². The van der Waals surface area contributed by atoms with Gasteiger partial charge in [-0.2, -0.15) is 0 Å². The average molecular weight is 256 g/mol. The van der Waals surface area contributed by atoms with Gasteiger partial charge in [-0.05, 0) is 20.1 Å². The molecule has 1 aliphatic heterocycles. The first-order chi connectivity index (χ1) is 6.19. The Kier molecular flexibility index (Phi) is 5.34. The van der Waals surface area contributed by atoms with Crippen molar-refractivity contribution in [2.24, 2.45) is 0 Å². The van der Waals surface area contributed by atoms with Crippen LogP contribution in [0.1, 0.15) is 13.8 Å². The highest BCUT2D eigenvalue weighted by Gasteiger charge is 2.28. The second-order valence-corrected chi connectivity index (χ2v) is 8.52. The highest BCUT2D eigenvalue weighted by molar-refractivity contribution is 8.35. The smallest absolute Gasteiger partial charge is 0.214 e. The summed E-state index contributed by atoms with van der Waals surface area (Å²) >= 11 is 5.08. The summed E-state index contributed by atoms with van der Waals surface area (Å²) in [6.45, 7) is 4.50. The minimum Gasteiger partial charge on any atom is -0.329 e. The molecule has 2 unspecified atom stereocenters. The molecule has 0 saturated heterocycles. The SMILES string of the molecule is CCO[PH](=O)C1SC(C)=C(SC)S1. The maximum Gasteiger partial charge on any atom is 0.214 e. The van der Waals surface area contributed by atoms with Crippen LogP contribution in [-0.2, 0) is 9.09 Å². The summed E-state index contributed by atoms with van der Waals surface area (Å²) in [6.07, 6.45) is 2.05. The van der Waals surface area contributed by atoms with E-state index in [2.05, 4.69) is 6.92 Å². The van der Waals surface area contributed by atoms with E-state index in [1.54, 1.807) is 35.3 Å². The van der Waals surface area contributed by atoms with Gasteiger partial charge in [-0.3, -0.25) is 4.57 Å². The fourth-order valence-corrected chi connectivity index (χ4v) is 7.17. The van der Waals surface area contributed by atoms with Gasteiger partial charge in [0.1, 0.15) is 4.32 Å². The van der Waals surface area contributed by atoms with Crippen LogP contribution in [0.25, 0.3) is 0 Å². The number of rotatable bonds is 4. The Balaban J connectivity index is 2.49. The van der Waals surface area contributed by atoms with Gasteiger partial charge in [0, 0.05) is 4.91 Å². The van der Waals surface area contributed by atoms with Crippen molar-refractivity contribution in [2.75, 3.05) is 12.9 Å². The summed E-state index contributed by atoms with van der Waals surface area (Å²) in [6, 6.07) is 0. The Bertz CT molecular complexity index is 242. The van der Waals surface area contributed by atoms with Gasteiger partial charge in [-0.1, -0.05) is 11.8 Å². The number of hydrogen-bond acceptors (Lipinski definition) is 5. The van der Waals surface area contributed by atoms with E-state index < -0.39 is 8.03 Å². The molecule has 0 spiro atoms. The van der Waals surface area contributed by atoms with Gasteiger partial charge >= 0.3 is 0 Å². The zero-order valence-corrected chi connectivity index (χ0v) is 11.3. The van der Waals surface area contributed by atoms with Gasteiger partial charge in [-0.25, -0.2) is 0 Å². The van der Waals surface area contributed by atoms with Crippen LogP contribution < -0.4 is 0 Å². The monoisotopic (exact) mass is 256 g/mol. The highest BCUT2D eigenvalue weighted by Crippen LogP contribution is 2.58. The molecule has 0 amide bonds. The maximum absolute atomic E-state index is 11.5. The molecular weight excluding hydrogens is 243 g/mol. The zero-order chi connectivity index (χ0) is 9.84. The molecule has 2 atom stereocenters. The van der Waals surface area contributed by atoms with Crippen LogP contribution in [0.15, 0.2) is 9.14 Å². The summed E-state index contributed by atoms with van der Waals surface area (Å²) in [5, 5.41) is 0. The first kappa shape index (κ1) is 12.1. The van der Waals surface area contributed by atoms with Crippen molar-refractivity contribution in [3.8, 4) is 0 Å². The van der Waals surface area contributed by atoms with Crippen molar-refractivity contribution < 1.29 is 9.09 Å². The van der Waals surface area contributed by atoms with Crippen molar-refractivity contribution in [2.45, 2.75) is 18.2 Å². The lowest BCUT2D eigenvalue weighted by Crippen LogP contribution is -1.88. The van der Waals surface area contributed by atoms with Crippen molar-refractivity contribution in [3.05, 3.63) is 9.14 Å². The molecule has 0 bridgehead atoms. The number of hydrogen-bond donors (Lipinski definition) is 0. The standard InChI is InChI=1S/C7H13O2PS3/c1-4-9-10(8)7-12-5(2)6(11-3)13-7/h7,10H,4H2,1-3H3. The minimum atomic E-state index is -1.87. The predicted molar refractivity (Wildman–Crippen MR) is 65.8 cm³/mol. The largest absolute Gasteiger partial charge is 0.329 e. The fourth-order valence-electron chi connectivity index (χ4n) is 0.911. The van der Waals surface area contributed by atoms with E-state index in [-0.39, 0.29) is 4.32 Å². The van der Waals surface area contributed by atoms with Gasteiger partial charge < -0.3 is 4.52 Å². The third-order valence-corrected chi connectivity index (χ3v) is 8.08. The quantitative estimate of drug-likeness (QED) is 0.713. The third kappa shape index (κ3) is 3.24. The molecule has 1 rings (SSSR count). The predicted octanol–water partition coefficient (Wildman–Crippen LogP) is 3.81. The molecule has 2 nitrogen and oxygen atoms in total. The summed E-state index contributed by atoms with van der Waals surface area (Å²) in [5.74, 6) is 0. The molecule has 0 aromatic heterocycles. The first-order valence-corrected chi connectivity index (χ1v) is 8.31. The Morgan fingerprint density at radius 3 is 2.77 bits per heavy atom. The van der Waals surface area contributed by atoms with Gasteiger partial charge in [0.15, 0.2) is 0 Å². The zero-order valence-electron chi connectivity index (χ0n) is 7.83. The first-order valence-electron chi connectivity index (χ1n) is 3.93. The minimum absolute atomic E-state index is 0.104. The van der Waals surface area contributed by atoms with E-state index >= 15 is 0 Å². The lowest BCUT2D eigenvalue weighted by Gasteiger charge is -2.07. The summed E-state index contributed by atoms with van der Waals surface area (Å²) in [7, 11) is -1.87. The van der Waals surface area contributed by atoms with E-state index in [0.29, 0.717) is 6.61 Å². The molecule has 0 aromatic carbocycles. The molecular formula is C7H13O2PS3. The molecule has 6 heteroatoms. The second kappa shape index (κ2) is 5.76. The van der Waals surface area contributed by atoms with Crippen LogP contribution in [0.4, 0.5) is 0 Å². The molecule has 0 saturated carbocycles. The second-order valence-electron chi connectivity index (χ2n) is 2.37. The molecule has 0 aromatic rings. The van der Waals surface area contributed by atoms with Crippen molar-refractivity contribution >= 4 is 43.3 Å². The van der Waals surface area contributed by atoms with E-state index in [4.69, 9.17) is 4.52 Å². The summed E-state index contributed by atoms with van der Waals surface area (Å²) in [5.41, 5.74) is 0. The van der Waals surface area contributed by atoms with Crippen LogP contribution >= 0.6 is 43.3 Å². The van der Waals surface area contributed by atoms with Gasteiger partial charge in [-0.15, -0.1) is 23.5 Å². The molecule has 0 fully saturated rings. The van der Waals surface area contributed by atoms with Crippen molar-refractivity contribution in [1.82, 2.24) is 0 Å². The van der Waals surface area contributed by atoms with Gasteiger partial charge in [0.2, 0.25) is 8.03 Å².